The second kappa shape index (κ2) is 8.44. The predicted octanol–water partition coefficient (Wildman–Crippen LogP) is 4.01. The monoisotopic (exact) mass is 309 g/mol. The molecule has 0 spiro atoms. The van der Waals surface area contributed by atoms with Crippen molar-refractivity contribution >= 4 is 17.7 Å². The van der Waals surface area contributed by atoms with Crippen LogP contribution in [0.1, 0.15) is 46.6 Å². The smallest absolute Gasteiger partial charge is 0.319 e. The number of benzene rings is 1. The van der Waals surface area contributed by atoms with Crippen LogP contribution < -0.4 is 5.32 Å². The number of thioether (sulfide) groups is 1. The molecule has 0 saturated carbocycles. The van der Waals surface area contributed by atoms with E-state index in [2.05, 4.69) is 38.2 Å². The van der Waals surface area contributed by atoms with Gasteiger partial charge in [0.05, 0.1) is 6.61 Å². The lowest BCUT2D eigenvalue weighted by Crippen LogP contribution is -2.35. The maximum absolute atomic E-state index is 11.9. The maximum atomic E-state index is 11.9. The molecule has 0 aliphatic heterocycles. The van der Waals surface area contributed by atoms with Crippen LogP contribution in [0.25, 0.3) is 0 Å². The van der Waals surface area contributed by atoms with E-state index in [1.54, 1.807) is 11.8 Å². The zero-order valence-electron chi connectivity index (χ0n) is 13.7. The summed E-state index contributed by atoms with van der Waals surface area (Å²) in [5.41, 5.74) is 1.33. The number of esters is 1. The van der Waals surface area contributed by atoms with Crippen LogP contribution in [0.2, 0.25) is 0 Å². The minimum Gasteiger partial charge on any atom is -0.465 e. The lowest BCUT2D eigenvalue weighted by Gasteiger charge is -2.21. The average molecular weight is 309 g/mol. The van der Waals surface area contributed by atoms with Crippen LogP contribution in [0.4, 0.5) is 0 Å². The van der Waals surface area contributed by atoms with Gasteiger partial charge in [0.15, 0.2) is 0 Å². The summed E-state index contributed by atoms with van der Waals surface area (Å²) in [6.45, 7) is 11.6. The molecule has 1 N–H and O–H groups in total. The van der Waals surface area contributed by atoms with Gasteiger partial charge in [0, 0.05) is 17.0 Å². The molecule has 1 aromatic rings. The number of carbonyl (C=O) groups excluding carboxylic acids is 1. The highest BCUT2D eigenvalue weighted by Crippen LogP contribution is 2.27. The molecule has 0 fully saturated rings. The van der Waals surface area contributed by atoms with Crippen molar-refractivity contribution < 1.29 is 9.53 Å². The Labute approximate surface area is 132 Å². The molecule has 1 unspecified atom stereocenters. The van der Waals surface area contributed by atoms with Gasteiger partial charge in [-0.25, -0.2) is 0 Å². The van der Waals surface area contributed by atoms with Crippen molar-refractivity contribution in [2.24, 2.45) is 0 Å². The van der Waals surface area contributed by atoms with E-state index in [9.17, 15) is 4.79 Å². The predicted molar refractivity (Wildman–Crippen MR) is 89.6 cm³/mol. The summed E-state index contributed by atoms with van der Waals surface area (Å²) in [5.74, 6) is -0.122. The molecular weight excluding hydrogens is 282 g/mol. The van der Waals surface area contributed by atoms with Crippen molar-refractivity contribution in [1.29, 1.82) is 0 Å². The summed E-state index contributed by atoms with van der Waals surface area (Å²) in [4.78, 5) is 13.0. The molecule has 0 aliphatic rings. The number of rotatable bonds is 7. The number of carbonyl (C=O) groups is 1. The van der Waals surface area contributed by atoms with Gasteiger partial charge in [-0.3, -0.25) is 4.79 Å². The summed E-state index contributed by atoms with van der Waals surface area (Å²) in [6.07, 6.45) is 0.772. The largest absolute Gasteiger partial charge is 0.465 e. The van der Waals surface area contributed by atoms with Gasteiger partial charge in [0.25, 0.3) is 0 Å². The van der Waals surface area contributed by atoms with Gasteiger partial charge in [-0.05, 0) is 51.8 Å². The fraction of sp³-hybridized carbons (Fsp3) is 0.588. The lowest BCUT2D eigenvalue weighted by atomic mass is 10.1. The van der Waals surface area contributed by atoms with Crippen LogP contribution in [0.15, 0.2) is 29.2 Å². The summed E-state index contributed by atoms with van der Waals surface area (Å²) < 4.78 is 5.12. The minimum atomic E-state index is -0.129. The van der Waals surface area contributed by atoms with E-state index < -0.39 is 0 Å². The zero-order valence-corrected chi connectivity index (χ0v) is 14.5. The number of nitrogens with one attached hydrogen (secondary N) is 1. The second-order valence-corrected chi connectivity index (χ2v) is 7.29. The SMILES string of the molecule is CCOC(=O)C(CC)Sc1cccc(CNC(C)(C)C)c1. The van der Waals surface area contributed by atoms with Crippen LogP contribution in [0.5, 0.6) is 0 Å². The fourth-order valence-corrected chi connectivity index (χ4v) is 2.83. The first-order valence-electron chi connectivity index (χ1n) is 7.53. The highest BCUT2D eigenvalue weighted by molar-refractivity contribution is 8.00. The Balaban J connectivity index is 2.68. The summed E-state index contributed by atoms with van der Waals surface area (Å²) in [7, 11) is 0. The molecular formula is C17H27NO2S. The quantitative estimate of drug-likeness (QED) is 0.610. The van der Waals surface area contributed by atoms with Crippen LogP contribution in [-0.2, 0) is 16.1 Å². The van der Waals surface area contributed by atoms with E-state index in [0.29, 0.717) is 6.61 Å². The van der Waals surface area contributed by atoms with Gasteiger partial charge < -0.3 is 10.1 Å². The Kier molecular flexibility index (Phi) is 7.26. The molecule has 0 aromatic heterocycles. The molecule has 118 valence electrons. The van der Waals surface area contributed by atoms with Gasteiger partial charge in [-0.2, -0.15) is 0 Å². The zero-order chi connectivity index (χ0) is 15.9. The second-order valence-electron chi connectivity index (χ2n) is 6.02. The third kappa shape index (κ3) is 7.00. The number of hydrogen-bond donors (Lipinski definition) is 1. The lowest BCUT2D eigenvalue weighted by molar-refractivity contribution is -0.142. The van der Waals surface area contributed by atoms with Crippen molar-refractivity contribution in [3.8, 4) is 0 Å². The highest BCUT2D eigenvalue weighted by atomic mass is 32.2. The van der Waals surface area contributed by atoms with E-state index >= 15 is 0 Å². The fourth-order valence-electron chi connectivity index (χ4n) is 1.79. The molecule has 0 amide bonds. The van der Waals surface area contributed by atoms with Crippen LogP contribution in [0, 0.1) is 0 Å². The molecule has 0 aliphatic carbocycles. The van der Waals surface area contributed by atoms with Gasteiger partial charge in [-0.1, -0.05) is 19.1 Å². The third-order valence-corrected chi connectivity index (χ3v) is 4.26. The van der Waals surface area contributed by atoms with Crippen LogP contribution in [0.3, 0.4) is 0 Å². The van der Waals surface area contributed by atoms with Crippen molar-refractivity contribution in [2.75, 3.05) is 6.61 Å². The molecule has 0 heterocycles. The Morgan fingerprint density at radius 2 is 2.05 bits per heavy atom. The topological polar surface area (TPSA) is 38.3 Å². The summed E-state index contributed by atoms with van der Waals surface area (Å²) in [5, 5.41) is 3.35. The maximum Gasteiger partial charge on any atom is 0.319 e. The first-order valence-corrected chi connectivity index (χ1v) is 8.41. The van der Waals surface area contributed by atoms with E-state index in [1.165, 1.54) is 5.56 Å². The number of ether oxygens (including phenoxy) is 1. The molecule has 0 bridgehead atoms. The Hall–Kier alpha value is -1.00. The molecule has 4 heteroatoms. The Morgan fingerprint density at radius 3 is 2.62 bits per heavy atom. The van der Waals surface area contributed by atoms with Crippen molar-refractivity contribution in [3.63, 3.8) is 0 Å². The minimum absolute atomic E-state index is 0.0973. The molecule has 21 heavy (non-hydrogen) atoms. The molecule has 3 nitrogen and oxygen atoms in total. The normalized spacial score (nSPS) is 13.0. The summed E-state index contributed by atoms with van der Waals surface area (Å²) >= 11 is 1.58. The van der Waals surface area contributed by atoms with Gasteiger partial charge >= 0.3 is 5.97 Å². The van der Waals surface area contributed by atoms with Gasteiger partial charge in [0.2, 0.25) is 0 Å². The van der Waals surface area contributed by atoms with Crippen LogP contribution in [-0.4, -0.2) is 23.4 Å². The Morgan fingerprint density at radius 1 is 1.33 bits per heavy atom. The van der Waals surface area contributed by atoms with E-state index in [1.807, 2.05) is 26.0 Å². The average Bonchev–Trinajstić information content (AvgIpc) is 2.42. The van der Waals surface area contributed by atoms with E-state index in [0.717, 1.165) is 17.9 Å². The Bertz CT molecular complexity index is 454. The van der Waals surface area contributed by atoms with Crippen molar-refractivity contribution in [1.82, 2.24) is 5.32 Å². The molecule has 0 saturated heterocycles. The number of hydrogen-bond acceptors (Lipinski definition) is 4. The standard InChI is InChI=1S/C17H27NO2S/c1-6-15(16(19)20-7-2)21-14-10-8-9-13(11-14)12-18-17(3,4)5/h8-11,15,18H,6-7,12H2,1-5H3. The third-order valence-electron chi connectivity index (χ3n) is 2.92. The highest BCUT2D eigenvalue weighted by Gasteiger charge is 2.19. The van der Waals surface area contributed by atoms with Gasteiger partial charge in [0.1, 0.15) is 5.25 Å². The van der Waals surface area contributed by atoms with Crippen molar-refractivity contribution in [2.45, 2.75) is 63.3 Å². The molecule has 1 rings (SSSR count). The molecule has 1 aromatic carbocycles. The molecule has 0 radical (unpaired) electrons. The van der Waals surface area contributed by atoms with Crippen molar-refractivity contribution in [3.05, 3.63) is 29.8 Å². The van der Waals surface area contributed by atoms with E-state index in [4.69, 9.17) is 4.74 Å². The first kappa shape index (κ1) is 18.1. The van der Waals surface area contributed by atoms with Crippen LogP contribution >= 0.6 is 11.8 Å². The van der Waals surface area contributed by atoms with Gasteiger partial charge in [-0.15, -0.1) is 11.8 Å². The first-order chi connectivity index (χ1) is 9.85. The van der Waals surface area contributed by atoms with E-state index in [-0.39, 0.29) is 16.8 Å². The summed E-state index contributed by atoms with van der Waals surface area (Å²) in [6, 6.07) is 8.34. The molecule has 1 atom stereocenters.